The van der Waals surface area contributed by atoms with Crippen LogP contribution in [-0.2, 0) is 4.79 Å². The van der Waals surface area contributed by atoms with Crippen molar-refractivity contribution in [3.8, 4) is 5.75 Å². The minimum absolute atomic E-state index is 0.0160. The third-order valence-electron chi connectivity index (χ3n) is 1.37. The van der Waals surface area contributed by atoms with Gasteiger partial charge < -0.3 is 14.9 Å². The molecule has 0 saturated heterocycles. The Morgan fingerprint density at radius 2 is 1.73 bits per heavy atom. The number of aliphatic hydroxyl groups is 1. The van der Waals surface area contributed by atoms with Crippen molar-refractivity contribution < 1.29 is 24.5 Å². The molecule has 1 rings (SSSR count). The van der Waals surface area contributed by atoms with Gasteiger partial charge in [0.2, 0.25) is 0 Å². The second-order valence-electron chi connectivity index (χ2n) is 2.39. The van der Waals surface area contributed by atoms with E-state index in [1.165, 1.54) is 19.1 Å². The number of aliphatic hydroxyl groups excluding tert-OH is 1. The quantitative estimate of drug-likeness (QED) is 0.562. The average molecular weight is 212 g/mol. The monoisotopic (exact) mass is 212 g/mol. The van der Waals surface area contributed by atoms with Gasteiger partial charge in [0.25, 0.3) is 0 Å². The number of carbonyl (C=O) groups excluding carboxylic acids is 1. The number of rotatable bonds is 2. The first-order valence-electron chi connectivity index (χ1n) is 4.06. The molecule has 0 spiro atoms. The van der Waals surface area contributed by atoms with Gasteiger partial charge >= 0.3 is 11.9 Å². The number of carboxylic acid groups (broad SMARTS) is 1. The van der Waals surface area contributed by atoms with E-state index in [4.69, 9.17) is 10.2 Å². The second-order valence-corrected chi connectivity index (χ2v) is 2.39. The Kier molecular flexibility index (Phi) is 5.73. The number of para-hydroxylation sites is 1. The van der Waals surface area contributed by atoms with Crippen molar-refractivity contribution in [2.24, 2.45) is 0 Å². The fourth-order valence-electron chi connectivity index (χ4n) is 0.887. The molecule has 0 amide bonds. The van der Waals surface area contributed by atoms with E-state index < -0.39 is 11.9 Å². The molecule has 15 heavy (non-hydrogen) atoms. The zero-order chi connectivity index (χ0) is 11.8. The highest BCUT2D eigenvalue weighted by Crippen LogP contribution is 2.17. The minimum atomic E-state index is -1.11. The van der Waals surface area contributed by atoms with Crippen LogP contribution in [0.4, 0.5) is 0 Å². The largest absolute Gasteiger partial charge is 0.478 e. The maximum atomic E-state index is 10.6. The van der Waals surface area contributed by atoms with Crippen LogP contribution in [0, 0.1) is 0 Å². The van der Waals surface area contributed by atoms with E-state index in [9.17, 15) is 9.59 Å². The summed E-state index contributed by atoms with van der Waals surface area (Å²) >= 11 is 0. The number of benzene rings is 1. The molecule has 0 aromatic heterocycles. The topological polar surface area (TPSA) is 83.8 Å². The van der Waals surface area contributed by atoms with Crippen molar-refractivity contribution >= 4 is 11.9 Å². The van der Waals surface area contributed by atoms with Crippen LogP contribution in [0.2, 0.25) is 0 Å². The van der Waals surface area contributed by atoms with Gasteiger partial charge in [-0.15, -0.1) is 0 Å². The van der Waals surface area contributed by atoms with E-state index >= 15 is 0 Å². The second kappa shape index (κ2) is 6.56. The van der Waals surface area contributed by atoms with Crippen LogP contribution in [0.5, 0.6) is 5.75 Å². The van der Waals surface area contributed by atoms with Gasteiger partial charge in [-0.25, -0.2) is 4.79 Å². The maximum Gasteiger partial charge on any atom is 0.339 e. The number of carboxylic acids is 1. The predicted octanol–water partition coefficient (Wildman–Crippen LogP) is 0.919. The van der Waals surface area contributed by atoms with Crippen LogP contribution in [0.1, 0.15) is 17.3 Å². The van der Waals surface area contributed by atoms with Crippen LogP contribution < -0.4 is 4.74 Å². The lowest BCUT2D eigenvalue weighted by atomic mass is 10.2. The smallest absolute Gasteiger partial charge is 0.339 e. The maximum absolute atomic E-state index is 10.6. The molecule has 1 aromatic carbocycles. The van der Waals surface area contributed by atoms with E-state index in [1.807, 2.05) is 0 Å². The van der Waals surface area contributed by atoms with Crippen molar-refractivity contribution in [3.05, 3.63) is 29.8 Å². The molecule has 0 radical (unpaired) electrons. The third-order valence-corrected chi connectivity index (χ3v) is 1.37. The lowest BCUT2D eigenvalue weighted by molar-refractivity contribution is -0.131. The Hall–Kier alpha value is -1.88. The number of aromatic carboxylic acids is 1. The molecule has 0 aliphatic rings. The van der Waals surface area contributed by atoms with Crippen molar-refractivity contribution in [1.82, 2.24) is 0 Å². The van der Waals surface area contributed by atoms with Gasteiger partial charge in [0.1, 0.15) is 11.3 Å². The third kappa shape index (κ3) is 4.24. The first-order chi connectivity index (χ1) is 7.11. The summed E-state index contributed by atoms with van der Waals surface area (Å²) in [4.78, 5) is 21.2. The highest BCUT2D eigenvalue weighted by atomic mass is 16.5. The molecule has 82 valence electrons. The summed E-state index contributed by atoms with van der Waals surface area (Å²) < 4.78 is 4.69. The Morgan fingerprint density at radius 1 is 1.20 bits per heavy atom. The van der Waals surface area contributed by atoms with Crippen LogP contribution in [0.15, 0.2) is 24.3 Å². The van der Waals surface area contributed by atoms with Gasteiger partial charge in [0.15, 0.2) is 0 Å². The summed E-state index contributed by atoms with van der Waals surface area (Å²) in [7, 11) is 1.00. The van der Waals surface area contributed by atoms with Crippen LogP contribution in [0.25, 0.3) is 0 Å². The van der Waals surface area contributed by atoms with E-state index in [1.54, 1.807) is 12.1 Å². The molecule has 5 heteroatoms. The van der Waals surface area contributed by atoms with Crippen molar-refractivity contribution in [3.63, 3.8) is 0 Å². The Bertz CT molecular complexity index is 345. The molecule has 0 heterocycles. The van der Waals surface area contributed by atoms with Gasteiger partial charge in [-0.3, -0.25) is 4.79 Å². The Labute approximate surface area is 86.9 Å². The lowest BCUT2D eigenvalue weighted by Crippen LogP contribution is -2.06. The number of hydrogen-bond donors (Lipinski definition) is 2. The number of ether oxygens (including phenoxy) is 1. The summed E-state index contributed by atoms with van der Waals surface area (Å²) in [5.41, 5.74) is -0.0160. The Balaban J connectivity index is 0.000000921. The lowest BCUT2D eigenvalue weighted by Gasteiger charge is -2.03. The van der Waals surface area contributed by atoms with Crippen molar-refractivity contribution in [2.45, 2.75) is 6.92 Å². The number of hydrogen-bond acceptors (Lipinski definition) is 4. The fourth-order valence-corrected chi connectivity index (χ4v) is 0.887. The fraction of sp³-hybridized carbons (Fsp3) is 0.200. The molecule has 0 unspecified atom stereocenters. The first kappa shape index (κ1) is 13.1. The Morgan fingerprint density at radius 3 is 2.20 bits per heavy atom. The normalized spacial score (nSPS) is 8.47. The minimum Gasteiger partial charge on any atom is -0.478 e. The van der Waals surface area contributed by atoms with E-state index in [2.05, 4.69) is 4.74 Å². The molecule has 5 nitrogen and oxygen atoms in total. The zero-order valence-electron chi connectivity index (χ0n) is 8.43. The van der Waals surface area contributed by atoms with Gasteiger partial charge in [-0.1, -0.05) is 12.1 Å². The summed E-state index contributed by atoms with van der Waals surface area (Å²) in [6.45, 7) is 1.22. The summed E-state index contributed by atoms with van der Waals surface area (Å²) in [6, 6.07) is 5.98. The highest BCUT2D eigenvalue weighted by Gasteiger charge is 2.10. The van der Waals surface area contributed by atoms with Crippen molar-refractivity contribution in [1.29, 1.82) is 0 Å². The SMILES string of the molecule is CC(=O)Oc1ccccc1C(=O)O.CO. The van der Waals surface area contributed by atoms with E-state index in [-0.39, 0.29) is 11.3 Å². The molecule has 1 aromatic rings. The zero-order valence-corrected chi connectivity index (χ0v) is 8.43. The molecule has 0 fully saturated rings. The highest BCUT2D eigenvalue weighted by molar-refractivity contribution is 5.91. The van der Waals surface area contributed by atoms with Crippen LogP contribution in [0.3, 0.4) is 0 Å². The number of carbonyl (C=O) groups is 2. The summed E-state index contributed by atoms with van der Waals surface area (Å²) in [5, 5.41) is 15.7. The van der Waals surface area contributed by atoms with Gasteiger partial charge in [-0.2, -0.15) is 0 Å². The van der Waals surface area contributed by atoms with Gasteiger partial charge in [0, 0.05) is 14.0 Å². The van der Waals surface area contributed by atoms with E-state index in [0.717, 1.165) is 7.11 Å². The molecule has 2 N–H and O–H groups in total. The first-order valence-corrected chi connectivity index (χ1v) is 4.06. The van der Waals surface area contributed by atoms with Crippen LogP contribution >= 0.6 is 0 Å². The summed E-state index contributed by atoms with van der Waals surface area (Å²) in [5.74, 6) is -1.58. The standard InChI is InChI=1S/C9H8O4.CH4O/c1-6(10)13-8-5-3-2-4-7(8)9(11)12;1-2/h2-5H,1H3,(H,11,12);2H,1H3. The average Bonchev–Trinajstić information content (AvgIpc) is 2.20. The van der Waals surface area contributed by atoms with Gasteiger partial charge in [-0.05, 0) is 12.1 Å². The van der Waals surface area contributed by atoms with E-state index in [0.29, 0.717) is 0 Å². The summed E-state index contributed by atoms with van der Waals surface area (Å²) in [6.07, 6.45) is 0. The molecule has 0 bridgehead atoms. The number of esters is 1. The van der Waals surface area contributed by atoms with Crippen LogP contribution in [-0.4, -0.2) is 29.3 Å². The predicted molar refractivity (Wildman–Crippen MR) is 52.9 cm³/mol. The van der Waals surface area contributed by atoms with Crippen molar-refractivity contribution in [2.75, 3.05) is 7.11 Å². The molecule has 0 aliphatic carbocycles. The molecule has 0 saturated carbocycles. The molecular formula is C10H12O5. The molecule has 0 atom stereocenters. The van der Waals surface area contributed by atoms with Gasteiger partial charge in [0.05, 0.1) is 0 Å². The molecular weight excluding hydrogens is 200 g/mol. The molecule has 0 aliphatic heterocycles.